The fourth-order valence-corrected chi connectivity index (χ4v) is 4.25. The van der Waals surface area contributed by atoms with Crippen LogP contribution in [0.1, 0.15) is 24.0 Å². The first-order valence-electron chi connectivity index (χ1n) is 10.2. The van der Waals surface area contributed by atoms with Crippen molar-refractivity contribution < 1.29 is 4.74 Å². The van der Waals surface area contributed by atoms with Gasteiger partial charge in [0.25, 0.3) is 5.56 Å². The largest absolute Gasteiger partial charge is 0.376 e. The van der Waals surface area contributed by atoms with E-state index < -0.39 is 0 Å². The number of anilines is 1. The van der Waals surface area contributed by atoms with Crippen LogP contribution in [0.5, 0.6) is 0 Å². The summed E-state index contributed by atoms with van der Waals surface area (Å²) in [5.41, 5.74) is 4.79. The lowest BCUT2D eigenvalue weighted by molar-refractivity contribution is 0.120. The van der Waals surface area contributed by atoms with Crippen LogP contribution in [0.2, 0.25) is 5.02 Å². The Hall–Kier alpha value is -2.83. The van der Waals surface area contributed by atoms with E-state index in [4.69, 9.17) is 21.3 Å². The number of H-pyrrole nitrogens is 1. The Bertz CT molecular complexity index is 1320. The van der Waals surface area contributed by atoms with Gasteiger partial charge in [-0.1, -0.05) is 23.7 Å². The summed E-state index contributed by atoms with van der Waals surface area (Å²) in [5, 5.41) is 5.05. The molecule has 4 heterocycles. The van der Waals surface area contributed by atoms with E-state index in [1.165, 1.54) is 0 Å². The SMILES string of the molecule is Cc1ccc2cc(-c3nc4ccc(Cl)cn4c3NC[C@H]3CCCO3)c(=O)[nH]c2c1C. The molecule has 1 aliphatic heterocycles. The number of nitrogens with zero attached hydrogens (tertiary/aromatic N) is 2. The molecule has 1 saturated heterocycles. The first-order chi connectivity index (χ1) is 14.5. The Morgan fingerprint density at radius 2 is 2.17 bits per heavy atom. The molecule has 1 fully saturated rings. The summed E-state index contributed by atoms with van der Waals surface area (Å²) < 4.78 is 7.65. The first kappa shape index (κ1) is 19.2. The smallest absolute Gasteiger partial charge is 0.258 e. The molecule has 0 saturated carbocycles. The molecule has 30 heavy (non-hydrogen) atoms. The Morgan fingerprint density at radius 3 is 2.97 bits per heavy atom. The molecule has 154 valence electrons. The number of hydrogen-bond donors (Lipinski definition) is 2. The van der Waals surface area contributed by atoms with Crippen molar-refractivity contribution in [2.24, 2.45) is 0 Å². The predicted molar refractivity (Wildman–Crippen MR) is 121 cm³/mol. The van der Waals surface area contributed by atoms with Crippen LogP contribution >= 0.6 is 11.6 Å². The molecule has 4 aromatic rings. The number of benzene rings is 1. The molecule has 1 atom stereocenters. The van der Waals surface area contributed by atoms with Gasteiger partial charge in [0, 0.05) is 19.3 Å². The van der Waals surface area contributed by atoms with Crippen molar-refractivity contribution in [3.63, 3.8) is 0 Å². The van der Waals surface area contributed by atoms with Crippen LogP contribution in [0.4, 0.5) is 5.82 Å². The molecule has 6 nitrogen and oxygen atoms in total. The third kappa shape index (κ3) is 3.26. The first-order valence-corrected chi connectivity index (χ1v) is 10.6. The fourth-order valence-electron chi connectivity index (χ4n) is 4.09. The van der Waals surface area contributed by atoms with Gasteiger partial charge in [0.2, 0.25) is 0 Å². The lowest BCUT2D eigenvalue weighted by atomic mass is 10.0. The zero-order valence-electron chi connectivity index (χ0n) is 17.0. The number of aryl methyl sites for hydroxylation is 2. The fraction of sp³-hybridized carbons (Fsp3) is 0.304. The number of imidazole rings is 1. The van der Waals surface area contributed by atoms with Gasteiger partial charge < -0.3 is 15.0 Å². The normalized spacial score (nSPS) is 16.6. The van der Waals surface area contributed by atoms with E-state index in [0.29, 0.717) is 22.8 Å². The molecule has 1 aromatic carbocycles. The molecule has 2 N–H and O–H groups in total. The van der Waals surface area contributed by atoms with Crippen LogP contribution < -0.4 is 10.9 Å². The molecule has 1 aliphatic rings. The van der Waals surface area contributed by atoms with Gasteiger partial charge in [0.1, 0.15) is 17.2 Å². The Kier molecular flexibility index (Phi) is 4.76. The van der Waals surface area contributed by atoms with Crippen LogP contribution in [0.15, 0.2) is 41.3 Å². The maximum Gasteiger partial charge on any atom is 0.258 e. The molecule has 0 unspecified atom stereocenters. The summed E-state index contributed by atoms with van der Waals surface area (Å²) in [6.07, 6.45) is 4.06. The third-order valence-electron chi connectivity index (χ3n) is 5.91. The van der Waals surface area contributed by atoms with E-state index in [0.717, 1.165) is 52.9 Å². The minimum atomic E-state index is -0.161. The summed E-state index contributed by atoms with van der Waals surface area (Å²) in [4.78, 5) is 20.9. The van der Waals surface area contributed by atoms with Crippen molar-refractivity contribution in [2.75, 3.05) is 18.5 Å². The number of ether oxygens (including phenoxy) is 1. The van der Waals surface area contributed by atoms with Gasteiger partial charge in [-0.15, -0.1) is 0 Å². The van der Waals surface area contributed by atoms with Crippen molar-refractivity contribution in [1.29, 1.82) is 0 Å². The molecule has 0 bridgehead atoms. The number of fused-ring (bicyclic) bond motifs is 2. The molecule has 0 spiro atoms. The lowest BCUT2D eigenvalue weighted by Gasteiger charge is -2.13. The summed E-state index contributed by atoms with van der Waals surface area (Å²) in [5.74, 6) is 0.747. The maximum absolute atomic E-state index is 13.1. The molecule has 3 aromatic heterocycles. The second-order valence-electron chi connectivity index (χ2n) is 7.88. The monoisotopic (exact) mass is 422 g/mol. The zero-order chi connectivity index (χ0) is 20.8. The van der Waals surface area contributed by atoms with E-state index in [9.17, 15) is 4.79 Å². The number of rotatable bonds is 4. The van der Waals surface area contributed by atoms with Gasteiger partial charge in [-0.2, -0.15) is 0 Å². The molecule has 0 radical (unpaired) electrons. The van der Waals surface area contributed by atoms with Gasteiger partial charge in [-0.25, -0.2) is 4.98 Å². The van der Waals surface area contributed by atoms with Gasteiger partial charge in [0.15, 0.2) is 0 Å². The average molecular weight is 423 g/mol. The highest BCUT2D eigenvalue weighted by Crippen LogP contribution is 2.30. The van der Waals surface area contributed by atoms with E-state index in [1.807, 2.05) is 42.6 Å². The summed E-state index contributed by atoms with van der Waals surface area (Å²) in [6, 6.07) is 9.67. The van der Waals surface area contributed by atoms with Gasteiger partial charge >= 0.3 is 0 Å². The van der Waals surface area contributed by atoms with Crippen molar-refractivity contribution in [1.82, 2.24) is 14.4 Å². The maximum atomic E-state index is 13.1. The minimum Gasteiger partial charge on any atom is -0.376 e. The van der Waals surface area contributed by atoms with Crippen molar-refractivity contribution in [2.45, 2.75) is 32.8 Å². The number of nitrogens with one attached hydrogen (secondary N) is 2. The van der Waals surface area contributed by atoms with Crippen LogP contribution in [0.25, 0.3) is 27.8 Å². The molecule has 5 rings (SSSR count). The Balaban J connectivity index is 1.67. The van der Waals surface area contributed by atoms with Crippen molar-refractivity contribution in [3.8, 4) is 11.3 Å². The highest BCUT2D eigenvalue weighted by Gasteiger charge is 2.21. The number of aromatic amines is 1. The molecule has 0 aliphatic carbocycles. The van der Waals surface area contributed by atoms with Gasteiger partial charge in [0.05, 0.1) is 22.2 Å². The molecule has 0 amide bonds. The molecular weight excluding hydrogens is 400 g/mol. The summed E-state index contributed by atoms with van der Waals surface area (Å²) in [7, 11) is 0. The minimum absolute atomic E-state index is 0.156. The van der Waals surface area contributed by atoms with Gasteiger partial charge in [-0.3, -0.25) is 9.20 Å². The topological polar surface area (TPSA) is 71.4 Å². The predicted octanol–water partition coefficient (Wildman–Crippen LogP) is 4.70. The van der Waals surface area contributed by atoms with Crippen LogP contribution in [-0.2, 0) is 4.74 Å². The zero-order valence-corrected chi connectivity index (χ0v) is 17.7. The molecular formula is C23H23ClN4O2. The summed E-state index contributed by atoms with van der Waals surface area (Å²) >= 11 is 6.25. The van der Waals surface area contributed by atoms with Crippen LogP contribution in [0.3, 0.4) is 0 Å². The Labute approximate surface area is 178 Å². The van der Waals surface area contributed by atoms with E-state index in [2.05, 4.69) is 16.4 Å². The number of pyridine rings is 2. The third-order valence-corrected chi connectivity index (χ3v) is 6.13. The Morgan fingerprint density at radius 1 is 1.30 bits per heavy atom. The van der Waals surface area contributed by atoms with Gasteiger partial charge in [-0.05, 0) is 61.4 Å². The number of halogens is 1. The number of hydrogen-bond acceptors (Lipinski definition) is 4. The molecule has 7 heteroatoms. The quantitative estimate of drug-likeness (QED) is 0.500. The number of aromatic nitrogens is 3. The van der Waals surface area contributed by atoms with Crippen molar-refractivity contribution in [3.05, 3.63) is 63.0 Å². The van der Waals surface area contributed by atoms with Crippen LogP contribution in [0, 0.1) is 13.8 Å². The van der Waals surface area contributed by atoms with E-state index in [1.54, 1.807) is 6.07 Å². The standard InChI is InChI=1S/C23H23ClN4O2/c1-13-5-6-15-10-18(23(29)27-20(15)14(13)2)21-22(25-11-17-4-3-9-30-17)28-12-16(24)7-8-19(28)26-21/h5-8,10,12,17,25H,3-4,9,11H2,1-2H3,(H,27,29)/t17-/m1/s1. The second-order valence-corrected chi connectivity index (χ2v) is 8.32. The van der Waals surface area contributed by atoms with Crippen molar-refractivity contribution >= 4 is 34.0 Å². The lowest BCUT2D eigenvalue weighted by Crippen LogP contribution is -2.20. The highest BCUT2D eigenvalue weighted by atomic mass is 35.5. The van der Waals surface area contributed by atoms with Crippen LogP contribution in [-0.4, -0.2) is 33.6 Å². The average Bonchev–Trinajstić information content (AvgIpc) is 3.37. The second kappa shape index (κ2) is 7.45. The highest BCUT2D eigenvalue weighted by molar-refractivity contribution is 6.30. The summed E-state index contributed by atoms with van der Waals surface area (Å²) in [6.45, 7) is 5.51. The van der Waals surface area contributed by atoms with E-state index in [-0.39, 0.29) is 11.7 Å². The van der Waals surface area contributed by atoms with E-state index >= 15 is 0 Å².